The Bertz CT molecular complexity index is 2460. The molecule has 0 radical (unpaired) electrons. The molecule has 0 aliphatic rings. The fraction of sp³-hybridized carbons (Fsp3) is 0.186. The van der Waals surface area contributed by atoms with Crippen molar-refractivity contribution in [3.63, 3.8) is 0 Å². The van der Waals surface area contributed by atoms with E-state index in [1.165, 1.54) is 35.5 Å². The summed E-state index contributed by atoms with van der Waals surface area (Å²) in [5.41, 5.74) is 9.25. The molecule has 11 heteroatoms. The zero-order valence-corrected chi connectivity index (χ0v) is 35.5. The van der Waals surface area contributed by atoms with Crippen LogP contribution in [0.3, 0.4) is 0 Å². The molecule has 10 aromatic rings. The summed E-state index contributed by atoms with van der Waals surface area (Å²) in [5.74, 6) is 0.280. The monoisotopic (exact) mass is 803 g/mol. The highest BCUT2D eigenvalue weighted by Gasteiger charge is 2.02. The van der Waals surface area contributed by atoms with E-state index in [9.17, 15) is 0 Å². The minimum absolute atomic E-state index is 0.280. The van der Waals surface area contributed by atoms with Crippen LogP contribution in [0.4, 0.5) is 0 Å². The van der Waals surface area contributed by atoms with Crippen LogP contribution in [-0.4, -0.2) is 30.0 Å². The summed E-state index contributed by atoms with van der Waals surface area (Å²) >= 11 is 8.63. The molecule has 0 atom stereocenters. The Kier molecular flexibility index (Phi) is 12.8. The second-order valence-electron chi connectivity index (χ2n) is 12.7. The van der Waals surface area contributed by atoms with Crippen LogP contribution in [0.1, 0.15) is 41.7 Å². The fourth-order valence-electron chi connectivity index (χ4n) is 5.47. The van der Waals surface area contributed by atoms with Crippen LogP contribution in [-0.2, 0) is 0 Å². The Morgan fingerprint density at radius 3 is 1.19 bits per heavy atom. The van der Waals surface area contributed by atoms with Crippen molar-refractivity contribution in [2.75, 3.05) is 0 Å². The smallest absolute Gasteiger partial charge is 0.117 e. The maximum absolute atomic E-state index is 9.10. The van der Waals surface area contributed by atoms with Gasteiger partial charge in [-0.15, -0.1) is 56.7 Å². The van der Waals surface area contributed by atoms with Crippen molar-refractivity contribution in [1.82, 2.24) is 24.9 Å². The molecule has 0 saturated carbocycles. The van der Waals surface area contributed by atoms with Crippen molar-refractivity contribution in [2.24, 2.45) is 0 Å². The van der Waals surface area contributed by atoms with Gasteiger partial charge in [-0.25, -0.2) is 24.9 Å². The molecule has 5 aromatic carbocycles. The molecule has 0 fully saturated rings. The van der Waals surface area contributed by atoms with Gasteiger partial charge in [0.25, 0.3) is 0 Å². The molecule has 0 saturated heterocycles. The summed E-state index contributed by atoms with van der Waals surface area (Å²) in [5, 5.41) is 14.7. The first-order chi connectivity index (χ1) is 25.9. The first-order valence-corrected chi connectivity index (χ1v) is 21.4. The van der Waals surface area contributed by atoms with E-state index in [2.05, 4.69) is 106 Å². The quantitative estimate of drug-likeness (QED) is 0.164. The van der Waals surface area contributed by atoms with E-state index in [0.29, 0.717) is 0 Å². The number of nitrogens with zero attached hydrogens (tertiary/aromatic N) is 5. The number of thiazole rings is 5. The SMILES string of the molecule is Cc1ccc2nc(C)sc2c1.Cc1ccc2sc(C)nc2c1.Cc1ccc2sc(C)nc2c1.Cc1nc2cc(O)ccc2s1.Cc1nc2ccccc2s1. The van der Waals surface area contributed by atoms with Gasteiger partial charge in [-0.05, 0) is 133 Å². The van der Waals surface area contributed by atoms with Crippen molar-refractivity contribution in [1.29, 1.82) is 0 Å². The second kappa shape index (κ2) is 17.7. The Labute approximate surface area is 335 Å². The van der Waals surface area contributed by atoms with E-state index in [-0.39, 0.29) is 5.75 Å². The summed E-state index contributed by atoms with van der Waals surface area (Å²) in [6.45, 7) is 16.4. The number of rotatable bonds is 0. The molecule has 0 unspecified atom stereocenters. The van der Waals surface area contributed by atoms with Gasteiger partial charge in [0.05, 0.1) is 76.1 Å². The topological polar surface area (TPSA) is 84.7 Å². The second-order valence-corrected chi connectivity index (χ2v) is 18.9. The lowest BCUT2D eigenvalue weighted by molar-refractivity contribution is 0.476. The van der Waals surface area contributed by atoms with Crippen molar-refractivity contribution in [2.45, 2.75) is 55.4 Å². The number of phenolic OH excluding ortho intramolecular Hbond substituents is 1. The number of benzene rings is 5. The number of para-hydroxylation sites is 1. The molecule has 5 aromatic heterocycles. The van der Waals surface area contributed by atoms with E-state index in [1.807, 2.05) is 58.9 Å². The van der Waals surface area contributed by atoms with Gasteiger partial charge in [-0.2, -0.15) is 0 Å². The van der Waals surface area contributed by atoms with Crippen molar-refractivity contribution in [3.05, 3.63) is 139 Å². The molecule has 6 nitrogen and oxygen atoms in total. The third-order valence-corrected chi connectivity index (χ3v) is 12.6. The largest absolute Gasteiger partial charge is 0.508 e. The van der Waals surface area contributed by atoms with Crippen molar-refractivity contribution >= 4 is 108 Å². The number of hydrogen-bond acceptors (Lipinski definition) is 11. The Balaban J connectivity index is 0.000000115. The number of phenols is 1. The number of aromatic nitrogens is 5. The third-order valence-electron chi connectivity index (χ3n) is 7.83. The standard InChI is InChI=1S/3C9H9NS.C8H7NOS.C8H7NS/c2*1-6-3-4-9-8(5-6)10-7(2)11-9;1-6-3-4-8-9(5-6)11-7(2)10-8;1-5-9-7-4-6(10)2-3-8(7)11-5;1-6-9-7-4-2-3-5-8(7)10-6/h3*3-5H,1-2H3;2-4,10H,1H3;2-5H,1H3. The van der Waals surface area contributed by atoms with E-state index >= 15 is 0 Å². The van der Waals surface area contributed by atoms with Gasteiger partial charge in [-0.3, -0.25) is 0 Å². The average molecular weight is 804 g/mol. The molecule has 0 bridgehead atoms. The van der Waals surface area contributed by atoms with Gasteiger partial charge in [0.1, 0.15) is 5.75 Å². The van der Waals surface area contributed by atoms with Crippen LogP contribution < -0.4 is 0 Å². The molecule has 0 amide bonds. The molecule has 0 aliphatic carbocycles. The zero-order valence-electron chi connectivity index (χ0n) is 31.5. The molecule has 10 rings (SSSR count). The van der Waals surface area contributed by atoms with Crippen LogP contribution in [0.15, 0.2) is 97.1 Å². The number of hydrogen-bond donors (Lipinski definition) is 1. The van der Waals surface area contributed by atoms with Crippen LogP contribution >= 0.6 is 56.7 Å². The third kappa shape index (κ3) is 10.5. The van der Waals surface area contributed by atoms with Gasteiger partial charge in [-0.1, -0.05) is 30.3 Å². The highest BCUT2D eigenvalue weighted by Crippen LogP contribution is 2.26. The molecule has 0 aliphatic heterocycles. The summed E-state index contributed by atoms with van der Waals surface area (Å²) in [4.78, 5) is 21.7. The Morgan fingerprint density at radius 1 is 0.333 bits per heavy atom. The molecule has 274 valence electrons. The van der Waals surface area contributed by atoms with Crippen molar-refractivity contribution < 1.29 is 5.11 Å². The fourth-order valence-corrected chi connectivity index (χ4v) is 9.65. The summed E-state index contributed by atoms with van der Waals surface area (Å²) in [6.07, 6.45) is 0. The highest BCUT2D eigenvalue weighted by atomic mass is 32.1. The number of aromatic hydroxyl groups is 1. The molecule has 54 heavy (non-hydrogen) atoms. The maximum Gasteiger partial charge on any atom is 0.117 e. The lowest BCUT2D eigenvalue weighted by Gasteiger charge is -1.88. The van der Waals surface area contributed by atoms with E-state index in [4.69, 9.17) is 5.11 Å². The van der Waals surface area contributed by atoms with Gasteiger partial charge >= 0.3 is 0 Å². The lowest BCUT2D eigenvalue weighted by atomic mass is 10.2. The molecular formula is C43H41N5OS5. The molecule has 0 spiro atoms. The van der Waals surface area contributed by atoms with Gasteiger partial charge in [0, 0.05) is 6.07 Å². The summed E-state index contributed by atoms with van der Waals surface area (Å²) in [6, 6.07) is 32.6. The van der Waals surface area contributed by atoms with E-state index in [0.717, 1.165) is 57.3 Å². The van der Waals surface area contributed by atoms with Crippen molar-refractivity contribution in [3.8, 4) is 5.75 Å². The van der Waals surface area contributed by atoms with E-state index in [1.54, 1.807) is 68.8 Å². The zero-order chi connectivity index (χ0) is 38.4. The average Bonchev–Trinajstić information content (AvgIpc) is 3.94. The molecular weight excluding hydrogens is 763 g/mol. The van der Waals surface area contributed by atoms with Crippen LogP contribution in [0.5, 0.6) is 5.75 Å². The van der Waals surface area contributed by atoms with E-state index < -0.39 is 0 Å². The summed E-state index contributed by atoms with van der Waals surface area (Å²) < 4.78 is 6.27. The minimum Gasteiger partial charge on any atom is -0.508 e. The van der Waals surface area contributed by atoms with Gasteiger partial charge in [0.2, 0.25) is 0 Å². The first kappa shape index (κ1) is 39.1. The predicted octanol–water partition coefficient (Wildman–Crippen LogP) is 13.7. The number of aryl methyl sites for hydroxylation is 8. The normalized spacial score (nSPS) is 10.7. The lowest BCUT2D eigenvalue weighted by Crippen LogP contribution is -1.71. The highest BCUT2D eigenvalue weighted by molar-refractivity contribution is 7.19. The molecule has 5 heterocycles. The predicted molar refractivity (Wildman–Crippen MR) is 238 cm³/mol. The maximum atomic E-state index is 9.10. The van der Waals surface area contributed by atoms with Crippen LogP contribution in [0, 0.1) is 55.4 Å². The van der Waals surface area contributed by atoms with Gasteiger partial charge < -0.3 is 5.11 Å². The minimum atomic E-state index is 0.280. The summed E-state index contributed by atoms with van der Waals surface area (Å²) in [7, 11) is 0. The number of fused-ring (bicyclic) bond motifs is 5. The van der Waals surface area contributed by atoms with Crippen LogP contribution in [0.25, 0.3) is 51.1 Å². The molecule has 1 N–H and O–H groups in total. The van der Waals surface area contributed by atoms with Gasteiger partial charge in [0.15, 0.2) is 0 Å². The first-order valence-electron chi connectivity index (χ1n) is 17.3. The Morgan fingerprint density at radius 2 is 0.685 bits per heavy atom. The Hall–Kier alpha value is -4.65. The van der Waals surface area contributed by atoms with Crippen LogP contribution in [0.2, 0.25) is 0 Å².